The molecule has 0 aliphatic heterocycles. The van der Waals surface area contributed by atoms with Crippen LogP contribution in [0.4, 0.5) is 22.9 Å². The number of aromatic amines is 1. The zero-order valence-corrected chi connectivity index (χ0v) is 44.8. The number of hydrogen-bond donors (Lipinski definition) is 6. The van der Waals surface area contributed by atoms with E-state index < -0.39 is 11.8 Å². The zero-order chi connectivity index (χ0) is 55.8. The van der Waals surface area contributed by atoms with Crippen LogP contribution in [0, 0.1) is 0 Å². The van der Waals surface area contributed by atoms with Gasteiger partial charge in [0, 0.05) is 77.0 Å². The van der Waals surface area contributed by atoms with Crippen LogP contribution in [0.5, 0.6) is 5.75 Å². The van der Waals surface area contributed by atoms with Crippen molar-refractivity contribution in [2.45, 2.75) is 0 Å². The highest BCUT2D eigenvalue weighted by atomic mass is 16.6. The summed E-state index contributed by atoms with van der Waals surface area (Å²) in [5.74, 6) is 0.306. The Morgan fingerprint density at radius 2 is 1.05 bits per heavy atom. The molecule has 79 heavy (non-hydrogen) atoms. The standard InChI is InChI=1S/C53H69N13O13/c1-63-13-11-55-48(63)47-59-42-10-5-37(31-43(42)60-47)50(67)57-39-33-45(65(3)34-39)52(69)62-46-36-66(4)49(61-46)53(70)58-40-32-44(64(2)35-40)51(68)56-12-14-71-15-16-72-17-18-73-19-20-74-21-22-75-23-24-76-25-26-77-27-28-78-29-30-79-41-8-6-38(54)7-9-41/h5-11,13,31-36H,12,14-30,54H2,1-4H3,(H,56,68)(H,57,67)(H,58,70)(H,59,60)(H,62,69). The summed E-state index contributed by atoms with van der Waals surface area (Å²) in [7, 11) is 6.83. The van der Waals surface area contributed by atoms with Crippen LogP contribution in [0.1, 0.15) is 42.0 Å². The van der Waals surface area contributed by atoms with E-state index in [2.05, 4.69) is 41.2 Å². The Labute approximate surface area is 456 Å². The molecular formula is C53H69N13O13. The normalized spacial score (nSPS) is 11.3. The average Bonchev–Trinajstić information content (AvgIpc) is 4.36. The molecule has 4 amide bonds. The van der Waals surface area contributed by atoms with Crippen molar-refractivity contribution in [1.29, 1.82) is 0 Å². The van der Waals surface area contributed by atoms with Gasteiger partial charge < -0.3 is 92.9 Å². The van der Waals surface area contributed by atoms with Crippen LogP contribution in [-0.4, -0.2) is 181 Å². The van der Waals surface area contributed by atoms with E-state index in [0.29, 0.717) is 157 Å². The van der Waals surface area contributed by atoms with Crippen LogP contribution in [0.15, 0.2) is 85.6 Å². The zero-order valence-electron chi connectivity index (χ0n) is 44.8. The number of aromatic nitrogens is 8. The second-order valence-corrected chi connectivity index (χ2v) is 17.6. The third-order valence-electron chi connectivity index (χ3n) is 11.6. The van der Waals surface area contributed by atoms with E-state index in [-0.39, 0.29) is 42.3 Å². The summed E-state index contributed by atoms with van der Waals surface area (Å²) < 4.78 is 56.2. The number of amides is 4. The Balaban J connectivity index is 0.669. The maximum absolute atomic E-state index is 13.4. The lowest BCUT2D eigenvalue weighted by molar-refractivity contribution is -0.0235. The van der Waals surface area contributed by atoms with Gasteiger partial charge in [-0.05, 0) is 54.6 Å². The van der Waals surface area contributed by atoms with Crippen LogP contribution in [0.25, 0.3) is 22.7 Å². The van der Waals surface area contributed by atoms with Crippen LogP contribution in [-0.2, 0) is 66.1 Å². The van der Waals surface area contributed by atoms with Crippen molar-refractivity contribution in [2.75, 3.05) is 141 Å². The Morgan fingerprint density at radius 1 is 0.532 bits per heavy atom. The number of nitrogens with zero attached hydrogens (tertiary/aromatic N) is 7. The van der Waals surface area contributed by atoms with E-state index >= 15 is 0 Å². The molecule has 0 bridgehead atoms. The van der Waals surface area contributed by atoms with Gasteiger partial charge in [-0.3, -0.25) is 19.2 Å². The van der Waals surface area contributed by atoms with Crippen molar-refractivity contribution in [1.82, 2.24) is 43.5 Å². The summed E-state index contributed by atoms with van der Waals surface area (Å²) in [5, 5.41) is 11.1. The quantitative estimate of drug-likeness (QED) is 0.0241. The number of rotatable bonds is 36. The smallest absolute Gasteiger partial charge is 0.291 e. The van der Waals surface area contributed by atoms with Gasteiger partial charge in [0.15, 0.2) is 17.5 Å². The molecule has 26 nitrogen and oxygen atoms in total. The van der Waals surface area contributed by atoms with Gasteiger partial charge in [0.25, 0.3) is 23.6 Å². The molecular weight excluding hydrogens is 1030 g/mol. The first kappa shape index (κ1) is 58.7. The topological polar surface area (TPSA) is 300 Å². The third-order valence-corrected chi connectivity index (χ3v) is 11.6. The molecule has 0 aliphatic carbocycles. The molecule has 5 heterocycles. The van der Waals surface area contributed by atoms with Gasteiger partial charge in [-0.25, -0.2) is 15.0 Å². The number of hydrogen-bond acceptors (Lipinski definition) is 17. The number of H-pyrrole nitrogens is 1. The van der Waals surface area contributed by atoms with E-state index in [0.717, 1.165) is 5.75 Å². The van der Waals surface area contributed by atoms with E-state index in [1.807, 2.05) is 29.9 Å². The average molecular weight is 1100 g/mol. The number of nitrogens with two attached hydrogens (primary N) is 1. The number of imidazole rings is 3. The van der Waals surface area contributed by atoms with Crippen molar-refractivity contribution >= 4 is 57.5 Å². The summed E-state index contributed by atoms with van der Waals surface area (Å²) in [6.07, 6.45) is 8.20. The number of ether oxygens (including phenoxy) is 9. The van der Waals surface area contributed by atoms with Gasteiger partial charge >= 0.3 is 0 Å². The van der Waals surface area contributed by atoms with Crippen molar-refractivity contribution in [3.63, 3.8) is 0 Å². The molecule has 7 N–H and O–H groups in total. The molecule has 26 heteroatoms. The molecule has 2 aromatic carbocycles. The van der Waals surface area contributed by atoms with Crippen LogP contribution >= 0.6 is 0 Å². The first-order valence-electron chi connectivity index (χ1n) is 25.6. The fraction of sp³-hybridized carbons (Fsp3) is 0.415. The Hall–Kier alpha value is -7.95. The van der Waals surface area contributed by atoms with E-state index in [1.54, 1.807) is 85.3 Å². The second kappa shape index (κ2) is 30.8. The summed E-state index contributed by atoms with van der Waals surface area (Å²) in [6, 6.07) is 15.4. The molecule has 0 unspecified atom stereocenters. The van der Waals surface area contributed by atoms with Crippen molar-refractivity contribution in [2.24, 2.45) is 28.2 Å². The molecule has 7 rings (SSSR count). The Morgan fingerprint density at radius 3 is 1.59 bits per heavy atom. The van der Waals surface area contributed by atoms with E-state index in [1.165, 1.54) is 16.8 Å². The first-order valence-corrected chi connectivity index (χ1v) is 25.6. The van der Waals surface area contributed by atoms with Crippen molar-refractivity contribution in [3.05, 3.63) is 108 Å². The molecule has 5 aromatic heterocycles. The number of carbonyl (C=O) groups is 4. The first-order chi connectivity index (χ1) is 38.4. The van der Waals surface area contributed by atoms with Crippen molar-refractivity contribution in [3.8, 4) is 17.4 Å². The molecule has 0 spiro atoms. The lowest BCUT2D eigenvalue weighted by Crippen LogP contribution is -2.29. The lowest BCUT2D eigenvalue weighted by atomic mass is 10.2. The Bertz CT molecular complexity index is 3040. The minimum absolute atomic E-state index is 0.00853. The predicted molar refractivity (Wildman–Crippen MR) is 291 cm³/mol. The van der Waals surface area contributed by atoms with Gasteiger partial charge in [-0.15, -0.1) is 0 Å². The number of carbonyl (C=O) groups excluding carboxylic acids is 4. The van der Waals surface area contributed by atoms with Crippen molar-refractivity contribution < 1.29 is 61.8 Å². The third kappa shape index (κ3) is 18.6. The van der Waals surface area contributed by atoms with Gasteiger partial charge in [0.05, 0.1) is 128 Å². The van der Waals surface area contributed by atoms with Crippen LogP contribution in [0.2, 0.25) is 0 Å². The molecule has 0 fully saturated rings. The number of anilines is 4. The number of nitrogens with one attached hydrogen (secondary N) is 5. The molecule has 0 saturated heterocycles. The lowest BCUT2D eigenvalue weighted by Gasteiger charge is -2.09. The number of aryl methyl sites for hydroxylation is 4. The highest BCUT2D eigenvalue weighted by Gasteiger charge is 2.21. The predicted octanol–water partition coefficient (Wildman–Crippen LogP) is 3.65. The van der Waals surface area contributed by atoms with Crippen LogP contribution in [0.3, 0.4) is 0 Å². The second-order valence-electron chi connectivity index (χ2n) is 17.6. The summed E-state index contributed by atoms with van der Waals surface area (Å²) in [6.45, 7) is 7.55. The minimum Gasteiger partial charge on any atom is -0.491 e. The summed E-state index contributed by atoms with van der Waals surface area (Å²) in [5.41, 5.74) is 9.39. The molecule has 424 valence electrons. The molecule has 0 atom stereocenters. The summed E-state index contributed by atoms with van der Waals surface area (Å²) in [4.78, 5) is 69.3. The molecule has 0 radical (unpaired) electrons. The van der Waals surface area contributed by atoms with Gasteiger partial charge in [0.2, 0.25) is 5.82 Å². The van der Waals surface area contributed by atoms with E-state index in [4.69, 9.17) is 48.4 Å². The monoisotopic (exact) mass is 1100 g/mol. The number of nitrogen functional groups attached to an aromatic ring is 1. The summed E-state index contributed by atoms with van der Waals surface area (Å²) >= 11 is 0. The maximum atomic E-state index is 13.4. The number of benzene rings is 2. The molecule has 0 aliphatic rings. The highest BCUT2D eigenvalue weighted by Crippen LogP contribution is 2.22. The molecule has 7 aromatic rings. The largest absolute Gasteiger partial charge is 0.491 e. The minimum atomic E-state index is -0.565. The number of fused-ring (bicyclic) bond motifs is 1. The molecule has 0 saturated carbocycles. The van der Waals surface area contributed by atoms with Gasteiger partial charge in [0.1, 0.15) is 23.7 Å². The van der Waals surface area contributed by atoms with Gasteiger partial charge in [-0.1, -0.05) is 0 Å². The fourth-order valence-electron chi connectivity index (χ4n) is 7.63. The maximum Gasteiger partial charge on any atom is 0.291 e. The Kier molecular flexibility index (Phi) is 22.9. The van der Waals surface area contributed by atoms with E-state index in [9.17, 15) is 19.2 Å². The fourth-order valence-corrected chi connectivity index (χ4v) is 7.63. The SMILES string of the molecule is Cn1cc(NC(=O)c2nc(NC(=O)c3cc(NC(=O)c4ccc5nc(-c6nccn6C)[nH]c5c4)cn3C)cn2C)cc1C(=O)NCCOCCOCCOCCOCCOCCOCCOCCOCCOc1ccc(N)cc1. The van der Waals surface area contributed by atoms with Gasteiger partial charge in [-0.2, -0.15) is 0 Å². The highest BCUT2D eigenvalue weighted by molar-refractivity contribution is 6.08. The van der Waals surface area contributed by atoms with Crippen LogP contribution < -0.4 is 31.7 Å².